The second kappa shape index (κ2) is 7.57. The van der Waals surface area contributed by atoms with E-state index in [1.54, 1.807) is 6.92 Å². The van der Waals surface area contributed by atoms with Crippen LogP contribution in [0.5, 0.6) is 10.8 Å². The highest BCUT2D eigenvalue weighted by Crippen LogP contribution is 2.33. The van der Waals surface area contributed by atoms with Gasteiger partial charge in [-0.2, -0.15) is 5.26 Å². The van der Waals surface area contributed by atoms with E-state index in [-0.39, 0.29) is 5.92 Å². The lowest BCUT2D eigenvalue weighted by Gasteiger charge is -2.10. The average Bonchev–Trinajstić information content (AvgIpc) is 2.88. The van der Waals surface area contributed by atoms with Gasteiger partial charge >= 0.3 is 0 Å². The summed E-state index contributed by atoms with van der Waals surface area (Å²) < 4.78 is 10.5. The minimum atomic E-state index is 0.203. The molecule has 1 unspecified atom stereocenters. The van der Waals surface area contributed by atoms with Gasteiger partial charge in [0.15, 0.2) is 0 Å². The molecular formula is C16H16N2O3S. The number of ether oxygens (including phenoxy) is 2. The number of carbonyl (C=O) groups excluding carboxylic acids is 1. The summed E-state index contributed by atoms with van der Waals surface area (Å²) in [4.78, 5) is 14.8. The molecule has 0 fully saturated rings. The second-order valence-corrected chi connectivity index (χ2v) is 5.87. The van der Waals surface area contributed by atoms with E-state index < -0.39 is 0 Å². The molecule has 22 heavy (non-hydrogen) atoms. The lowest BCUT2D eigenvalue weighted by molar-refractivity contribution is -0.120. The van der Waals surface area contributed by atoms with Gasteiger partial charge in [-0.05, 0) is 31.2 Å². The van der Waals surface area contributed by atoms with Crippen LogP contribution in [0.25, 0.3) is 10.6 Å². The summed E-state index contributed by atoms with van der Waals surface area (Å²) >= 11 is 1.33. The van der Waals surface area contributed by atoms with Crippen LogP contribution in [0, 0.1) is 24.2 Å². The predicted octanol–water partition coefficient (Wildman–Crippen LogP) is 3.58. The number of hydrogen-bond donors (Lipinski definition) is 0. The molecular weight excluding hydrogens is 300 g/mol. The molecule has 2 aromatic rings. The molecule has 1 atom stereocenters. The minimum Gasteiger partial charge on any atom is -0.493 e. The van der Waals surface area contributed by atoms with Crippen molar-refractivity contribution >= 4 is 17.8 Å². The van der Waals surface area contributed by atoms with Gasteiger partial charge in [0.2, 0.25) is 5.06 Å². The number of thiazole rings is 1. The topological polar surface area (TPSA) is 72.2 Å². The zero-order valence-electron chi connectivity index (χ0n) is 12.4. The van der Waals surface area contributed by atoms with Gasteiger partial charge in [-0.1, -0.05) is 18.3 Å². The molecule has 6 heteroatoms. The highest BCUT2D eigenvalue weighted by molar-refractivity contribution is 7.17. The van der Waals surface area contributed by atoms with Gasteiger partial charge in [0.25, 0.3) is 6.47 Å². The number of nitriles is 1. The Bertz CT molecular complexity index is 674. The van der Waals surface area contributed by atoms with Crippen LogP contribution in [-0.4, -0.2) is 18.1 Å². The fourth-order valence-corrected chi connectivity index (χ4v) is 2.70. The summed E-state index contributed by atoms with van der Waals surface area (Å²) in [6.45, 7) is 4.70. The number of benzene rings is 1. The molecule has 0 bridgehead atoms. The Balaban J connectivity index is 2.04. The van der Waals surface area contributed by atoms with Crippen LogP contribution < -0.4 is 9.47 Å². The quantitative estimate of drug-likeness (QED) is 0.730. The Hall–Kier alpha value is -2.39. The molecule has 0 aliphatic carbocycles. The molecule has 0 saturated heterocycles. The molecule has 1 aromatic heterocycles. The lowest BCUT2D eigenvalue weighted by Crippen LogP contribution is -2.07. The van der Waals surface area contributed by atoms with E-state index in [1.165, 1.54) is 11.3 Å². The van der Waals surface area contributed by atoms with E-state index in [9.17, 15) is 4.79 Å². The van der Waals surface area contributed by atoms with Gasteiger partial charge in [-0.25, -0.2) is 4.98 Å². The van der Waals surface area contributed by atoms with Crippen LogP contribution in [0.15, 0.2) is 24.3 Å². The van der Waals surface area contributed by atoms with Crippen molar-refractivity contribution in [1.29, 1.82) is 5.26 Å². The van der Waals surface area contributed by atoms with Crippen molar-refractivity contribution in [2.45, 2.75) is 20.3 Å². The first kappa shape index (κ1) is 16.0. The number of aryl methyl sites for hydroxylation is 1. The third kappa shape index (κ3) is 4.06. The number of rotatable bonds is 7. The lowest BCUT2D eigenvalue weighted by atomic mass is 10.1. The highest BCUT2D eigenvalue weighted by atomic mass is 32.1. The molecule has 0 saturated carbocycles. The van der Waals surface area contributed by atoms with Crippen molar-refractivity contribution in [1.82, 2.24) is 4.98 Å². The SMILES string of the molecule is Cc1nc(-c2ccc(OCC(C)CC#N)cc2)sc1OC=O. The molecule has 1 heterocycles. The highest BCUT2D eigenvalue weighted by Gasteiger charge is 2.11. The van der Waals surface area contributed by atoms with E-state index in [1.807, 2.05) is 31.2 Å². The van der Waals surface area contributed by atoms with E-state index in [2.05, 4.69) is 11.1 Å². The molecule has 0 spiro atoms. The smallest absolute Gasteiger partial charge is 0.299 e. The van der Waals surface area contributed by atoms with Gasteiger partial charge in [-0.15, -0.1) is 0 Å². The Morgan fingerprint density at radius 2 is 2.14 bits per heavy atom. The fraction of sp³-hybridized carbons (Fsp3) is 0.312. The van der Waals surface area contributed by atoms with Crippen LogP contribution >= 0.6 is 11.3 Å². The van der Waals surface area contributed by atoms with Gasteiger partial charge < -0.3 is 9.47 Å². The molecule has 0 radical (unpaired) electrons. The largest absolute Gasteiger partial charge is 0.493 e. The monoisotopic (exact) mass is 316 g/mol. The molecule has 1 aromatic carbocycles. The first-order valence-electron chi connectivity index (χ1n) is 6.82. The Morgan fingerprint density at radius 1 is 1.41 bits per heavy atom. The second-order valence-electron chi connectivity index (χ2n) is 4.91. The predicted molar refractivity (Wildman–Crippen MR) is 83.9 cm³/mol. The van der Waals surface area contributed by atoms with E-state index >= 15 is 0 Å². The van der Waals surface area contributed by atoms with Crippen LogP contribution in [0.2, 0.25) is 0 Å². The van der Waals surface area contributed by atoms with Crippen LogP contribution in [-0.2, 0) is 4.79 Å². The fourth-order valence-electron chi connectivity index (χ4n) is 1.81. The first-order valence-corrected chi connectivity index (χ1v) is 7.63. The summed E-state index contributed by atoms with van der Waals surface area (Å²) in [5.41, 5.74) is 1.63. The molecule has 0 amide bonds. The molecule has 0 aliphatic rings. The van der Waals surface area contributed by atoms with E-state index in [0.717, 1.165) is 16.3 Å². The normalized spacial score (nSPS) is 11.5. The standard InChI is InChI=1S/C16H16N2O3S/c1-11(7-8-17)9-20-14-5-3-13(4-6-14)15-18-12(2)16(22-15)21-10-19/h3-6,10-11H,7,9H2,1-2H3. The maximum atomic E-state index is 10.4. The number of carbonyl (C=O) groups is 1. The number of aromatic nitrogens is 1. The summed E-state index contributed by atoms with van der Waals surface area (Å²) in [6, 6.07) is 9.68. The van der Waals surface area contributed by atoms with Crippen LogP contribution in [0.4, 0.5) is 0 Å². The van der Waals surface area contributed by atoms with Crippen molar-refractivity contribution in [2.75, 3.05) is 6.61 Å². The Kier molecular flexibility index (Phi) is 5.50. The Labute approximate surface area is 133 Å². The maximum absolute atomic E-state index is 10.4. The summed E-state index contributed by atoms with van der Waals surface area (Å²) in [6.07, 6.45) is 0.482. The molecule has 2 rings (SSSR count). The third-order valence-electron chi connectivity index (χ3n) is 2.98. The molecule has 5 nitrogen and oxygen atoms in total. The van der Waals surface area contributed by atoms with Crippen LogP contribution in [0.3, 0.4) is 0 Å². The van der Waals surface area contributed by atoms with Gasteiger partial charge in [0.05, 0.1) is 18.4 Å². The average molecular weight is 316 g/mol. The third-order valence-corrected chi connectivity index (χ3v) is 4.08. The first-order chi connectivity index (χ1) is 10.6. The van der Waals surface area contributed by atoms with Crippen molar-refractivity contribution < 1.29 is 14.3 Å². The summed E-state index contributed by atoms with van der Waals surface area (Å²) in [5.74, 6) is 0.959. The van der Waals surface area contributed by atoms with Gasteiger partial charge in [0, 0.05) is 17.9 Å². The summed E-state index contributed by atoms with van der Waals surface area (Å²) in [5, 5.41) is 9.92. The van der Waals surface area contributed by atoms with E-state index in [4.69, 9.17) is 14.7 Å². The Morgan fingerprint density at radius 3 is 2.77 bits per heavy atom. The van der Waals surface area contributed by atoms with Crippen molar-refractivity contribution in [3.8, 4) is 27.5 Å². The van der Waals surface area contributed by atoms with E-state index in [0.29, 0.717) is 30.3 Å². The van der Waals surface area contributed by atoms with Crippen molar-refractivity contribution in [3.63, 3.8) is 0 Å². The minimum absolute atomic E-state index is 0.203. The van der Waals surface area contributed by atoms with Crippen molar-refractivity contribution in [2.24, 2.45) is 5.92 Å². The molecule has 0 aliphatic heterocycles. The number of hydrogen-bond acceptors (Lipinski definition) is 6. The summed E-state index contributed by atoms with van der Waals surface area (Å²) in [7, 11) is 0. The zero-order valence-corrected chi connectivity index (χ0v) is 13.2. The zero-order chi connectivity index (χ0) is 15.9. The van der Waals surface area contributed by atoms with Crippen LogP contribution in [0.1, 0.15) is 19.0 Å². The molecule has 114 valence electrons. The van der Waals surface area contributed by atoms with Crippen molar-refractivity contribution in [3.05, 3.63) is 30.0 Å². The maximum Gasteiger partial charge on any atom is 0.299 e. The van der Waals surface area contributed by atoms with Gasteiger partial charge in [-0.3, -0.25) is 4.79 Å². The molecule has 0 N–H and O–H groups in total. The number of nitrogens with zero attached hydrogens (tertiary/aromatic N) is 2. The van der Waals surface area contributed by atoms with Gasteiger partial charge in [0.1, 0.15) is 10.8 Å².